The Morgan fingerprint density at radius 3 is 2.44 bits per heavy atom. The van der Waals surface area contributed by atoms with Crippen molar-refractivity contribution in [3.8, 4) is 0 Å². The lowest BCUT2D eigenvalue weighted by Crippen LogP contribution is -2.49. The van der Waals surface area contributed by atoms with E-state index in [2.05, 4.69) is 27.8 Å². The van der Waals surface area contributed by atoms with Gasteiger partial charge in [0, 0.05) is 42.8 Å². The molecule has 2 fully saturated rings. The number of halogens is 2. The first-order chi connectivity index (χ1) is 17.1. The highest BCUT2D eigenvalue weighted by Gasteiger charge is 2.27. The zero-order valence-corrected chi connectivity index (χ0v) is 22.5. The lowest BCUT2D eigenvalue weighted by molar-refractivity contribution is 0.0520. The highest BCUT2D eigenvalue weighted by molar-refractivity contribution is 5.67. The van der Waals surface area contributed by atoms with E-state index in [0.717, 1.165) is 45.2 Å². The van der Waals surface area contributed by atoms with Gasteiger partial charge in [0.15, 0.2) is 0 Å². The maximum atomic E-state index is 14.7. The third-order valence-electron chi connectivity index (χ3n) is 7.37. The van der Waals surface area contributed by atoms with Gasteiger partial charge >= 0.3 is 6.09 Å². The van der Waals surface area contributed by atoms with E-state index in [1.807, 2.05) is 20.8 Å². The van der Waals surface area contributed by atoms with E-state index in [9.17, 15) is 13.6 Å². The van der Waals surface area contributed by atoms with Crippen LogP contribution in [0, 0.1) is 11.6 Å². The van der Waals surface area contributed by atoms with Gasteiger partial charge in [-0.2, -0.15) is 0 Å². The van der Waals surface area contributed by atoms with Gasteiger partial charge in [0.25, 0.3) is 0 Å². The predicted molar refractivity (Wildman–Crippen MR) is 140 cm³/mol. The van der Waals surface area contributed by atoms with Crippen LogP contribution >= 0.6 is 0 Å². The molecule has 0 radical (unpaired) electrons. The molecule has 0 aromatic heterocycles. The monoisotopic (exact) mass is 508 g/mol. The van der Waals surface area contributed by atoms with Gasteiger partial charge in [0.05, 0.1) is 0 Å². The number of amides is 1. The summed E-state index contributed by atoms with van der Waals surface area (Å²) in [5.41, 5.74) is -0.0923. The molecule has 2 unspecified atom stereocenters. The second-order valence-electron chi connectivity index (χ2n) is 11.5. The van der Waals surface area contributed by atoms with Gasteiger partial charge in [-0.25, -0.2) is 13.6 Å². The summed E-state index contributed by atoms with van der Waals surface area (Å²) in [7, 11) is 0. The minimum absolute atomic E-state index is 0.245. The number of likely N-dealkylation sites (tertiary alicyclic amines) is 1. The van der Waals surface area contributed by atoms with Gasteiger partial charge in [-0.3, -0.25) is 0 Å². The summed E-state index contributed by atoms with van der Waals surface area (Å²) in [6, 6.07) is 4.52. The number of carbonyl (C=O) groups is 1. The molecule has 204 valence electrons. The Hall–Kier alpha value is -1.77. The molecular formula is C28H46F2N4O2. The number of rotatable bonds is 10. The van der Waals surface area contributed by atoms with Crippen LogP contribution in [-0.2, 0) is 4.74 Å². The summed E-state index contributed by atoms with van der Waals surface area (Å²) in [6.45, 7) is 10.8. The van der Waals surface area contributed by atoms with E-state index in [0.29, 0.717) is 30.7 Å². The maximum absolute atomic E-state index is 14.7. The van der Waals surface area contributed by atoms with Crippen LogP contribution in [0.5, 0.6) is 0 Å². The number of alkyl carbamates (subject to hydrolysis) is 1. The van der Waals surface area contributed by atoms with E-state index in [1.54, 1.807) is 0 Å². The Labute approximate surface area is 215 Å². The average molecular weight is 509 g/mol. The second-order valence-corrected chi connectivity index (χ2v) is 11.5. The summed E-state index contributed by atoms with van der Waals surface area (Å²) in [5.74, 6) is -0.762. The molecule has 3 N–H and O–H groups in total. The summed E-state index contributed by atoms with van der Waals surface area (Å²) in [5, 5.41) is 10.1. The third-order valence-corrected chi connectivity index (χ3v) is 7.37. The standard InChI is InChI=1S/C28H46F2N4O2/c1-20(12-15-31-27(35)36-28(2,3)4)34-16-13-23(14-17-34)33-26(19-32-22-8-6-5-7-9-22)24-18-21(29)10-11-25(24)30/h10-11,18,20,22-23,26,32-33H,5-9,12-17,19H2,1-4H3,(H,31,35). The summed E-state index contributed by atoms with van der Waals surface area (Å²) in [4.78, 5) is 14.3. The van der Waals surface area contributed by atoms with Gasteiger partial charge in [-0.15, -0.1) is 0 Å². The highest BCUT2D eigenvalue weighted by Crippen LogP contribution is 2.24. The number of piperidine rings is 1. The first kappa shape index (κ1) is 28.8. The van der Waals surface area contributed by atoms with Gasteiger partial charge in [-0.05, 0) is 91.1 Å². The van der Waals surface area contributed by atoms with Crippen LogP contribution in [0.2, 0.25) is 0 Å². The minimum atomic E-state index is -0.497. The van der Waals surface area contributed by atoms with Gasteiger partial charge in [-0.1, -0.05) is 19.3 Å². The summed E-state index contributed by atoms with van der Waals surface area (Å²) in [6.07, 6.45) is 8.40. The van der Waals surface area contributed by atoms with Crippen molar-refractivity contribution in [1.29, 1.82) is 0 Å². The molecule has 1 aliphatic carbocycles. The zero-order valence-electron chi connectivity index (χ0n) is 22.5. The van der Waals surface area contributed by atoms with Crippen molar-refractivity contribution >= 4 is 6.09 Å². The Morgan fingerprint density at radius 1 is 1.08 bits per heavy atom. The van der Waals surface area contributed by atoms with E-state index < -0.39 is 11.4 Å². The van der Waals surface area contributed by atoms with E-state index in [-0.39, 0.29) is 24.0 Å². The molecule has 2 atom stereocenters. The molecule has 2 aliphatic rings. The molecular weight excluding hydrogens is 462 g/mol. The fourth-order valence-corrected chi connectivity index (χ4v) is 5.30. The molecule has 1 amide bonds. The number of carbonyl (C=O) groups excluding carboxylic acids is 1. The summed E-state index contributed by atoms with van der Waals surface area (Å²) < 4.78 is 34.0. The number of benzene rings is 1. The fourth-order valence-electron chi connectivity index (χ4n) is 5.30. The zero-order chi connectivity index (χ0) is 26.1. The Morgan fingerprint density at radius 2 is 1.78 bits per heavy atom. The topological polar surface area (TPSA) is 65.6 Å². The quantitative estimate of drug-likeness (QED) is 0.401. The van der Waals surface area contributed by atoms with E-state index in [1.165, 1.54) is 37.5 Å². The van der Waals surface area contributed by atoms with E-state index >= 15 is 0 Å². The van der Waals surface area contributed by atoms with Crippen molar-refractivity contribution in [3.63, 3.8) is 0 Å². The second kappa shape index (κ2) is 13.7. The van der Waals surface area contributed by atoms with Gasteiger partial charge in [0.2, 0.25) is 0 Å². The highest BCUT2D eigenvalue weighted by atomic mass is 19.1. The predicted octanol–water partition coefficient (Wildman–Crippen LogP) is 5.29. The smallest absolute Gasteiger partial charge is 0.407 e. The molecule has 0 bridgehead atoms. The number of nitrogens with zero attached hydrogens (tertiary/aromatic N) is 1. The average Bonchev–Trinajstić information content (AvgIpc) is 2.83. The molecule has 1 saturated carbocycles. The number of ether oxygens (including phenoxy) is 1. The molecule has 36 heavy (non-hydrogen) atoms. The van der Waals surface area contributed by atoms with Crippen molar-refractivity contribution in [3.05, 3.63) is 35.4 Å². The van der Waals surface area contributed by atoms with E-state index in [4.69, 9.17) is 4.74 Å². The van der Waals surface area contributed by atoms with Crippen molar-refractivity contribution in [1.82, 2.24) is 20.9 Å². The van der Waals surface area contributed by atoms with Crippen molar-refractivity contribution < 1.29 is 18.3 Å². The Bertz CT molecular complexity index is 818. The number of nitrogens with one attached hydrogen (secondary N) is 3. The largest absolute Gasteiger partial charge is 0.444 e. The first-order valence-corrected chi connectivity index (χ1v) is 13.8. The van der Waals surface area contributed by atoms with Crippen LogP contribution in [0.25, 0.3) is 0 Å². The van der Waals surface area contributed by atoms with Crippen molar-refractivity contribution in [2.75, 3.05) is 26.2 Å². The van der Waals surface area contributed by atoms with Crippen LogP contribution in [0.15, 0.2) is 18.2 Å². The number of hydrogen-bond acceptors (Lipinski definition) is 5. The van der Waals surface area contributed by atoms with Crippen LogP contribution in [0.3, 0.4) is 0 Å². The Kier molecular flexibility index (Phi) is 10.9. The van der Waals surface area contributed by atoms with Gasteiger partial charge in [0.1, 0.15) is 17.2 Å². The third kappa shape index (κ3) is 9.60. The van der Waals surface area contributed by atoms with Crippen LogP contribution in [0.1, 0.15) is 90.7 Å². The number of hydrogen-bond donors (Lipinski definition) is 3. The molecule has 8 heteroatoms. The summed E-state index contributed by atoms with van der Waals surface area (Å²) >= 11 is 0. The first-order valence-electron chi connectivity index (χ1n) is 13.8. The van der Waals surface area contributed by atoms with Crippen LogP contribution in [-0.4, -0.2) is 60.9 Å². The molecule has 1 saturated heterocycles. The van der Waals surface area contributed by atoms with Gasteiger partial charge < -0.3 is 25.6 Å². The normalized spacial score (nSPS) is 20.2. The van der Waals surface area contributed by atoms with Crippen LogP contribution in [0.4, 0.5) is 13.6 Å². The molecule has 0 spiro atoms. The fraction of sp³-hybridized carbons (Fsp3) is 0.750. The molecule has 1 aromatic carbocycles. The molecule has 6 nitrogen and oxygen atoms in total. The molecule has 1 heterocycles. The minimum Gasteiger partial charge on any atom is -0.444 e. The maximum Gasteiger partial charge on any atom is 0.407 e. The Balaban J connectivity index is 1.48. The van der Waals surface area contributed by atoms with Crippen molar-refractivity contribution in [2.24, 2.45) is 0 Å². The van der Waals surface area contributed by atoms with Crippen LogP contribution < -0.4 is 16.0 Å². The van der Waals surface area contributed by atoms with Crippen molar-refractivity contribution in [2.45, 2.75) is 109 Å². The molecule has 1 aliphatic heterocycles. The molecule has 3 rings (SSSR count). The molecule has 1 aromatic rings. The lowest BCUT2D eigenvalue weighted by atomic mass is 9.94. The SMILES string of the molecule is CC(CCNC(=O)OC(C)(C)C)N1CCC(NC(CNC2CCCCC2)c2cc(F)ccc2F)CC1. The lowest BCUT2D eigenvalue weighted by Gasteiger charge is -2.38.